The second-order valence-corrected chi connectivity index (χ2v) is 7.71. The van der Waals surface area contributed by atoms with Crippen LogP contribution in [0.1, 0.15) is 17.2 Å². The third kappa shape index (κ3) is 2.36. The molecule has 2 aromatic carbocycles. The van der Waals surface area contributed by atoms with Crippen LogP contribution in [0.5, 0.6) is 0 Å². The van der Waals surface area contributed by atoms with Crippen LogP contribution in [0.15, 0.2) is 36.4 Å². The van der Waals surface area contributed by atoms with E-state index in [1.165, 1.54) is 21.9 Å². The maximum absolute atomic E-state index is 11.7. The van der Waals surface area contributed by atoms with E-state index in [1.54, 1.807) is 0 Å². The van der Waals surface area contributed by atoms with Gasteiger partial charge in [-0.25, -0.2) is 0 Å². The third-order valence-corrected chi connectivity index (χ3v) is 5.94. The first-order chi connectivity index (χ1) is 12.1. The van der Waals surface area contributed by atoms with Crippen LogP contribution in [0.25, 0.3) is 21.8 Å². The molecule has 130 valence electrons. The molecule has 0 aliphatic carbocycles. The van der Waals surface area contributed by atoms with Crippen molar-refractivity contribution in [1.29, 1.82) is 0 Å². The van der Waals surface area contributed by atoms with Crippen LogP contribution < -0.4 is 0 Å². The normalized spacial score (nSPS) is 29.4. The first-order valence-electron chi connectivity index (χ1n) is 8.46. The number of nitrogens with zero attached hydrogens (tertiary/aromatic N) is 1. The Morgan fingerprint density at radius 2 is 1.60 bits per heavy atom. The summed E-state index contributed by atoms with van der Waals surface area (Å²) in [5, 5.41) is 2.45. The monoisotopic (exact) mass is 357 g/mol. The Morgan fingerprint density at radius 1 is 0.960 bits per heavy atom. The number of rotatable bonds is 1. The van der Waals surface area contributed by atoms with Crippen LogP contribution in [0.4, 0.5) is 0 Å². The highest BCUT2D eigenvalue weighted by Gasteiger charge is 2.45. The molecule has 0 bridgehead atoms. The Morgan fingerprint density at radius 3 is 2.24 bits per heavy atom. The van der Waals surface area contributed by atoms with Gasteiger partial charge in [0, 0.05) is 21.8 Å². The lowest BCUT2D eigenvalue weighted by Gasteiger charge is -2.32. The van der Waals surface area contributed by atoms with Gasteiger partial charge < -0.3 is 9.30 Å². The topological polar surface area (TPSA) is 49.7 Å². The minimum atomic E-state index is -1.69. The molecule has 1 unspecified atom stereocenters. The molecule has 2 aliphatic rings. The lowest BCUT2D eigenvalue weighted by Crippen LogP contribution is -2.43. The molecule has 0 saturated carbocycles. The van der Waals surface area contributed by atoms with E-state index in [2.05, 4.69) is 54.8 Å². The first kappa shape index (κ1) is 15.5. The van der Waals surface area contributed by atoms with E-state index in [-0.39, 0.29) is 18.2 Å². The van der Waals surface area contributed by atoms with Gasteiger partial charge in [-0.1, -0.05) is 23.3 Å². The molecular weight excluding hydrogens is 338 g/mol. The van der Waals surface area contributed by atoms with Crippen molar-refractivity contribution in [3.05, 3.63) is 47.5 Å². The molecule has 0 spiro atoms. The summed E-state index contributed by atoms with van der Waals surface area (Å²) in [5.74, 6) is 0. The first-order valence-corrected chi connectivity index (χ1v) is 9.46. The molecule has 6 heteroatoms. The van der Waals surface area contributed by atoms with E-state index in [0.717, 1.165) is 11.0 Å². The van der Waals surface area contributed by atoms with Gasteiger partial charge in [-0.15, -0.1) is 0 Å². The highest BCUT2D eigenvalue weighted by molar-refractivity contribution is 7.75. The summed E-state index contributed by atoms with van der Waals surface area (Å²) in [4.78, 5) is 0. The Labute approximate surface area is 148 Å². The van der Waals surface area contributed by atoms with Crippen LogP contribution in [0, 0.1) is 13.8 Å². The molecule has 3 aromatic rings. The van der Waals surface area contributed by atoms with Crippen LogP contribution >= 0.6 is 0 Å². The number of aryl methyl sites for hydroxylation is 2. The lowest BCUT2D eigenvalue weighted by molar-refractivity contribution is -0.0519. The molecule has 4 atom stereocenters. The summed E-state index contributed by atoms with van der Waals surface area (Å²) < 4.78 is 30.7. The Kier molecular flexibility index (Phi) is 3.50. The predicted molar refractivity (Wildman–Crippen MR) is 96.7 cm³/mol. The van der Waals surface area contributed by atoms with Gasteiger partial charge in [0.1, 0.15) is 12.2 Å². The summed E-state index contributed by atoms with van der Waals surface area (Å²) in [6.45, 7) is 5.15. The largest absolute Gasteiger partial charge is 0.376 e. The van der Waals surface area contributed by atoms with Gasteiger partial charge in [0.2, 0.25) is 0 Å². The molecule has 0 amide bonds. The van der Waals surface area contributed by atoms with Crippen molar-refractivity contribution < 1.29 is 17.3 Å². The number of benzene rings is 2. The SMILES string of the molecule is Cc1ccc2c(c1)c1cc(C)ccc1n2[C@H]1COC[C@@H]2OS(=O)O[C@@H]21. The van der Waals surface area contributed by atoms with Crippen LogP contribution in [-0.4, -0.2) is 34.2 Å². The fourth-order valence-electron chi connectivity index (χ4n) is 4.03. The molecule has 0 N–H and O–H groups in total. The average Bonchev–Trinajstić information content (AvgIpc) is 3.11. The molecule has 2 aliphatic heterocycles. The second-order valence-electron chi connectivity index (χ2n) is 6.92. The number of hydrogen-bond acceptors (Lipinski definition) is 4. The molecule has 2 saturated heterocycles. The van der Waals surface area contributed by atoms with Gasteiger partial charge in [0.25, 0.3) is 0 Å². The summed E-state index contributed by atoms with van der Waals surface area (Å²) >= 11 is -1.69. The average molecular weight is 357 g/mol. The van der Waals surface area contributed by atoms with E-state index < -0.39 is 11.4 Å². The molecule has 5 rings (SSSR count). The van der Waals surface area contributed by atoms with Gasteiger partial charge in [0.05, 0.1) is 19.3 Å². The summed E-state index contributed by atoms with van der Waals surface area (Å²) in [5.41, 5.74) is 4.74. The maximum atomic E-state index is 11.7. The van der Waals surface area contributed by atoms with Crippen molar-refractivity contribution in [2.24, 2.45) is 0 Å². The number of hydrogen-bond donors (Lipinski definition) is 0. The summed E-state index contributed by atoms with van der Waals surface area (Å²) in [6.07, 6.45) is -0.557. The molecule has 0 radical (unpaired) electrons. The van der Waals surface area contributed by atoms with Gasteiger partial charge in [-0.05, 0) is 38.1 Å². The van der Waals surface area contributed by atoms with Crippen LogP contribution in [-0.2, 0) is 24.5 Å². The fourth-order valence-corrected chi connectivity index (χ4v) is 4.87. The standard InChI is InChI=1S/C19H19NO4S/c1-11-3-5-15-13(7-11)14-8-12(2)4-6-16(14)20(15)17-9-22-10-18-19(17)24-25(21)23-18/h3-8,17-19H,9-10H2,1-2H3/t17-,18-,19+,25?/m0/s1. The molecular formula is C19H19NO4S. The smallest absolute Gasteiger partial charge is 0.305 e. The van der Waals surface area contributed by atoms with E-state index in [1.807, 2.05) is 0 Å². The van der Waals surface area contributed by atoms with Gasteiger partial charge in [-0.2, -0.15) is 4.21 Å². The molecule has 3 heterocycles. The summed E-state index contributed by atoms with van der Waals surface area (Å²) in [6, 6.07) is 12.9. The highest BCUT2D eigenvalue weighted by Crippen LogP contribution is 2.39. The Hall–Kier alpha value is -1.73. The van der Waals surface area contributed by atoms with Gasteiger partial charge in [-0.3, -0.25) is 8.37 Å². The maximum Gasteiger partial charge on any atom is 0.305 e. The minimum Gasteiger partial charge on any atom is -0.376 e. The molecule has 2 fully saturated rings. The summed E-state index contributed by atoms with van der Waals surface area (Å²) in [7, 11) is 0. The minimum absolute atomic E-state index is 0.0735. The van der Waals surface area contributed by atoms with E-state index >= 15 is 0 Å². The Balaban J connectivity index is 1.78. The third-order valence-electron chi connectivity index (χ3n) is 5.15. The van der Waals surface area contributed by atoms with Gasteiger partial charge in [0.15, 0.2) is 0 Å². The van der Waals surface area contributed by atoms with Crippen molar-refractivity contribution in [3.63, 3.8) is 0 Å². The highest BCUT2D eigenvalue weighted by atomic mass is 32.2. The zero-order chi connectivity index (χ0) is 17.1. The van der Waals surface area contributed by atoms with Crippen molar-refractivity contribution in [2.45, 2.75) is 32.1 Å². The van der Waals surface area contributed by atoms with Crippen molar-refractivity contribution in [1.82, 2.24) is 4.57 Å². The van der Waals surface area contributed by atoms with Crippen molar-refractivity contribution >= 4 is 33.2 Å². The van der Waals surface area contributed by atoms with E-state index in [0.29, 0.717) is 13.2 Å². The Bertz CT molecular complexity index is 952. The lowest BCUT2D eigenvalue weighted by atomic mass is 10.0. The second kappa shape index (κ2) is 5.64. The van der Waals surface area contributed by atoms with Crippen molar-refractivity contribution in [3.8, 4) is 0 Å². The molecule has 1 aromatic heterocycles. The zero-order valence-corrected chi connectivity index (χ0v) is 14.9. The van der Waals surface area contributed by atoms with E-state index in [9.17, 15) is 4.21 Å². The molecule has 5 nitrogen and oxygen atoms in total. The van der Waals surface area contributed by atoms with Crippen LogP contribution in [0.2, 0.25) is 0 Å². The molecule has 25 heavy (non-hydrogen) atoms. The number of ether oxygens (including phenoxy) is 1. The zero-order valence-electron chi connectivity index (χ0n) is 14.1. The van der Waals surface area contributed by atoms with Crippen molar-refractivity contribution in [2.75, 3.05) is 13.2 Å². The van der Waals surface area contributed by atoms with Gasteiger partial charge >= 0.3 is 11.4 Å². The number of aromatic nitrogens is 1. The fraction of sp³-hybridized carbons (Fsp3) is 0.368. The van der Waals surface area contributed by atoms with Crippen LogP contribution in [0.3, 0.4) is 0 Å². The van der Waals surface area contributed by atoms with E-state index in [4.69, 9.17) is 13.1 Å². The predicted octanol–water partition coefficient (Wildman–Crippen LogP) is 3.35. The number of fused-ring (bicyclic) bond motifs is 4. The quantitative estimate of drug-likeness (QED) is 0.670.